The molecule has 2 aliphatic heterocycles. The number of ether oxygens (including phenoxy) is 1. The molecule has 1 aromatic heterocycles. The third kappa shape index (κ3) is 5.07. The van der Waals surface area contributed by atoms with E-state index in [2.05, 4.69) is 4.90 Å². The number of methoxy groups -OCH3 is 1. The average Bonchev–Trinajstić information content (AvgIpc) is 3.34. The van der Waals surface area contributed by atoms with Crippen LogP contribution in [0.1, 0.15) is 28.1 Å². The Bertz CT molecular complexity index is 905. The summed E-state index contributed by atoms with van der Waals surface area (Å²) >= 11 is 1.46. The van der Waals surface area contributed by atoms with E-state index in [0.29, 0.717) is 32.7 Å². The van der Waals surface area contributed by atoms with Crippen LogP contribution >= 0.6 is 11.3 Å². The summed E-state index contributed by atoms with van der Waals surface area (Å²) < 4.78 is 18.9. The predicted octanol–water partition coefficient (Wildman–Crippen LogP) is 3.09. The maximum Gasteiger partial charge on any atom is 0.263 e. The highest BCUT2D eigenvalue weighted by atomic mass is 32.1. The first-order valence-electron chi connectivity index (χ1n) is 10.7. The van der Waals surface area contributed by atoms with Crippen molar-refractivity contribution in [3.8, 4) is 5.75 Å². The van der Waals surface area contributed by atoms with Crippen molar-refractivity contribution in [1.82, 2.24) is 14.7 Å². The van der Waals surface area contributed by atoms with E-state index < -0.39 is 0 Å². The summed E-state index contributed by atoms with van der Waals surface area (Å²) in [6.07, 6.45) is 1.45. The van der Waals surface area contributed by atoms with Gasteiger partial charge in [0.05, 0.1) is 12.0 Å². The Labute approximate surface area is 186 Å². The van der Waals surface area contributed by atoms with Gasteiger partial charge < -0.3 is 14.5 Å². The molecule has 8 heteroatoms. The van der Waals surface area contributed by atoms with Gasteiger partial charge in [-0.2, -0.15) is 0 Å². The largest absolute Gasteiger partial charge is 0.494 e. The highest BCUT2D eigenvalue weighted by molar-refractivity contribution is 7.12. The fraction of sp³-hybridized carbons (Fsp3) is 0.478. The number of carbonyl (C=O) groups excluding carboxylic acids is 2. The van der Waals surface area contributed by atoms with Crippen molar-refractivity contribution in [3.05, 3.63) is 52.0 Å². The van der Waals surface area contributed by atoms with Crippen LogP contribution in [-0.4, -0.2) is 72.9 Å². The third-order valence-electron chi connectivity index (χ3n) is 6.17. The lowest BCUT2D eigenvalue weighted by molar-refractivity contribution is -0.138. The molecule has 6 nitrogen and oxygen atoms in total. The number of piperidine rings is 1. The number of nitrogens with zero attached hydrogens (tertiary/aromatic N) is 3. The van der Waals surface area contributed by atoms with E-state index in [1.54, 1.807) is 6.07 Å². The van der Waals surface area contributed by atoms with Gasteiger partial charge in [-0.25, -0.2) is 4.39 Å². The Hall–Kier alpha value is -2.45. The van der Waals surface area contributed by atoms with Gasteiger partial charge in [0.2, 0.25) is 5.91 Å². The Morgan fingerprint density at radius 3 is 2.42 bits per heavy atom. The zero-order chi connectivity index (χ0) is 21.8. The van der Waals surface area contributed by atoms with Crippen molar-refractivity contribution in [2.75, 3.05) is 46.4 Å². The van der Waals surface area contributed by atoms with Crippen LogP contribution in [0.5, 0.6) is 5.75 Å². The molecule has 4 rings (SSSR count). The van der Waals surface area contributed by atoms with Crippen LogP contribution in [0.2, 0.25) is 0 Å². The van der Waals surface area contributed by atoms with Crippen molar-refractivity contribution in [1.29, 1.82) is 0 Å². The standard InChI is InChI=1S/C23H28FN3O3S/c1-30-20-5-4-17(15-19(20)24)16-25-10-12-27(13-11-25)22(28)18-6-8-26(9-7-18)23(29)21-3-2-14-31-21/h2-5,14-15,18H,6-13,16H2,1H3. The number of hydrogen-bond acceptors (Lipinski definition) is 5. The van der Waals surface area contributed by atoms with Crippen LogP contribution in [0.15, 0.2) is 35.7 Å². The van der Waals surface area contributed by atoms with Gasteiger partial charge >= 0.3 is 0 Å². The molecule has 2 aliphatic rings. The molecule has 2 aromatic rings. The first kappa shape index (κ1) is 21.8. The lowest BCUT2D eigenvalue weighted by Gasteiger charge is -2.38. The van der Waals surface area contributed by atoms with Crippen LogP contribution in [0.4, 0.5) is 4.39 Å². The molecule has 0 saturated carbocycles. The Morgan fingerprint density at radius 1 is 1.06 bits per heavy atom. The number of benzene rings is 1. The number of carbonyl (C=O) groups is 2. The molecule has 0 aliphatic carbocycles. The number of hydrogen-bond donors (Lipinski definition) is 0. The number of rotatable bonds is 5. The fourth-order valence-corrected chi connectivity index (χ4v) is 5.03. The summed E-state index contributed by atoms with van der Waals surface area (Å²) in [6, 6.07) is 8.79. The molecule has 2 saturated heterocycles. The lowest BCUT2D eigenvalue weighted by Crippen LogP contribution is -2.51. The zero-order valence-electron chi connectivity index (χ0n) is 17.8. The monoisotopic (exact) mass is 445 g/mol. The van der Waals surface area contributed by atoms with Gasteiger partial charge in [-0.15, -0.1) is 11.3 Å². The lowest BCUT2D eigenvalue weighted by atomic mass is 9.94. The van der Waals surface area contributed by atoms with Gasteiger partial charge in [-0.05, 0) is 42.0 Å². The molecule has 1 aromatic carbocycles. The smallest absolute Gasteiger partial charge is 0.263 e. The van der Waals surface area contributed by atoms with E-state index in [0.717, 1.165) is 36.4 Å². The van der Waals surface area contributed by atoms with Crippen molar-refractivity contribution in [3.63, 3.8) is 0 Å². The van der Waals surface area contributed by atoms with E-state index in [1.807, 2.05) is 33.4 Å². The first-order chi connectivity index (χ1) is 15.0. The summed E-state index contributed by atoms with van der Waals surface area (Å²) in [5.74, 6) is 0.178. The minimum atomic E-state index is -0.349. The highest BCUT2D eigenvalue weighted by Gasteiger charge is 2.32. The second-order valence-corrected chi connectivity index (χ2v) is 9.06. The first-order valence-corrected chi connectivity index (χ1v) is 11.6. The maximum absolute atomic E-state index is 13.9. The van der Waals surface area contributed by atoms with E-state index in [-0.39, 0.29) is 29.3 Å². The Balaban J connectivity index is 1.23. The zero-order valence-corrected chi connectivity index (χ0v) is 18.6. The van der Waals surface area contributed by atoms with Gasteiger partial charge in [0.15, 0.2) is 11.6 Å². The summed E-state index contributed by atoms with van der Waals surface area (Å²) in [5, 5.41) is 1.91. The molecule has 0 spiro atoms. The summed E-state index contributed by atoms with van der Waals surface area (Å²) in [5.41, 5.74) is 0.904. The van der Waals surface area contributed by atoms with Crippen molar-refractivity contribution in [2.45, 2.75) is 19.4 Å². The normalized spacial score (nSPS) is 18.3. The summed E-state index contributed by atoms with van der Waals surface area (Å²) in [4.78, 5) is 32.3. The van der Waals surface area contributed by atoms with Crippen molar-refractivity contribution >= 4 is 23.2 Å². The van der Waals surface area contributed by atoms with Crippen LogP contribution in [-0.2, 0) is 11.3 Å². The minimum Gasteiger partial charge on any atom is -0.494 e. The predicted molar refractivity (Wildman–Crippen MR) is 118 cm³/mol. The number of amides is 2. The van der Waals surface area contributed by atoms with E-state index in [4.69, 9.17) is 4.74 Å². The molecule has 166 valence electrons. The molecule has 0 bridgehead atoms. The molecule has 0 unspecified atom stereocenters. The van der Waals surface area contributed by atoms with Crippen LogP contribution in [0.3, 0.4) is 0 Å². The Kier molecular flexibility index (Phi) is 6.87. The number of halogens is 1. The summed E-state index contributed by atoms with van der Waals surface area (Å²) in [7, 11) is 1.46. The van der Waals surface area contributed by atoms with Gasteiger partial charge in [0.25, 0.3) is 5.91 Å². The molecule has 2 fully saturated rings. The molecule has 0 N–H and O–H groups in total. The maximum atomic E-state index is 13.9. The molecular weight excluding hydrogens is 417 g/mol. The van der Waals surface area contributed by atoms with Crippen molar-refractivity contribution < 1.29 is 18.7 Å². The van der Waals surface area contributed by atoms with E-state index >= 15 is 0 Å². The second-order valence-electron chi connectivity index (χ2n) is 8.11. The van der Waals surface area contributed by atoms with Gasteiger partial charge in [-0.3, -0.25) is 14.5 Å². The molecule has 31 heavy (non-hydrogen) atoms. The molecule has 2 amide bonds. The van der Waals surface area contributed by atoms with Gasteiger partial charge in [0, 0.05) is 51.7 Å². The molecular formula is C23H28FN3O3S. The highest BCUT2D eigenvalue weighted by Crippen LogP contribution is 2.24. The molecule has 0 atom stereocenters. The SMILES string of the molecule is COc1ccc(CN2CCN(C(=O)C3CCN(C(=O)c4cccs4)CC3)CC2)cc1F. The number of likely N-dealkylation sites (tertiary alicyclic amines) is 1. The number of thiophene rings is 1. The van der Waals surface area contributed by atoms with Crippen molar-refractivity contribution in [2.24, 2.45) is 5.92 Å². The van der Waals surface area contributed by atoms with Crippen LogP contribution in [0, 0.1) is 11.7 Å². The van der Waals surface area contributed by atoms with E-state index in [9.17, 15) is 14.0 Å². The van der Waals surface area contributed by atoms with Gasteiger partial charge in [-0.1, -0.05) is 12.1 Å². The third-order valence-corrected chi connectivity index (χ3v) is 7.03. The fourth-order valence-electron chi connectivity index (χ4n) is 4.34. The topological polar surface area (TPSA) is 53.1 Å². The summed E-state index contributed by atoms with van der Waals surface area (Å²) in [6.45, 7) is 4.85. The quantitative estimate of drug-likeness (QED) is 0.710. The van der Waals surface area contributed by atoms with Crippen LogP contribution < -0.4 is 4.74 Å². The molecule has 0 radical (unpaired) electrons. The molecule has 3 heterocycles. The Morgan fingerprint density at radius 2 is 1.81 bits per heavy atom. The van der Waals surface area contributed by atoms with Gasteiger partial charge in [0.1, 0.15) is 0 Å². The second kappa shape index (κ2) is 9.78. The average molecular weight is 446 g/mol. The van der Waals surface area contributed by atoms with E-state index in [1.165, 1.54) is 24.5 Å². The van der Waals surface area contributed by atoms with Crippen LogP contribution in [0.25, 0.3) is 0 Å². The minimum absolute atomic E-state index is 0.00498. The number of piperazine rings is 1.